The smallest absolute Gasteiger partial charge is 0.279 e. The number of nitrogens with one attached hydrogen (secondary N) is 1. The number of aliphatic hydroxyl groups excluding tert-OH is 1. The van der Waals surface area contributed by atoms with Crippen LogP contribution in [0, 0.1) is 5.92 Å². The minimum Gasteiger partial charge on any atom is -0.391 e. The number of aliphatic hydroxyl groups is 1. The van der Waals surface area contributed by atoms with Gasteiger partial charge in [0.2, 0.25) is 0 Å². The Balaban J connectivity index is 2.65. The van der Waals surface area contributed by atoms with E-state index in [2.05, 4.69) is 4.72 Å². The summed E-state index contributed by atoms with van der Waals surface area (Å²) in [5.74, 6) is 0.176. The summed E-state index contributed by atoms with van der Waals surface area (Å²) in [6.07, 6.45) is 0.155. The summed E-state index contributed by atoms with van der Waals surface area (Å²) in [7, 11) is -3.42. The molecule has 1 heterocycles. The maximum Gasteiger partial charge on any atom is 0.279 e. The molecule has 1 fully saturated rings. The van der Waals surface area contributed by atoms with Crippen molar-refractivity contribution in [3.05, 3.63) is 0 Å². The third-order valence-electron chi connectivity index (χ3n) is 2.61. The monoisotopic (exact) mass is 236 g/mol. The molecule has 2 N–H and O–H groups in total. The van der Waals surface area contributed by atoms with Crippen molar-refractivity contribution in [3.63, 3.8) is 0 Å². The zero-order valence-corrected chi connectivity index (χ0v) is 10.3. The third-order valence-corrected chi connectivity index (χ3v) is 4.39. The average Bonchev–Trinajstić information content (AvgIpc) is 2.07. The standard InChI is InChI=1S/C9H20N2O3S/c1-7(2)10-15(13,14)11-5-4-8(3)9(12)6-11/h7-10,12H,4-6H2,1-3H3. The molecule has 1 aliphatic rings. The Bertz CT molecular complexity index is 302. The van der Waals surface area contributed by atoms with Crippen LogP contribution >= 0.6 is 0 Å². The SMILES string of the molecule is CC(C)NS(=O)(=O)N1CCC(C)C(O)C1. The summed E-state index contributed by atoms with van der Waals surface area (Å²) in [4.78, 5) is 0. The quantitative estimate of drug-likeness (QED) is 0.721. The molecule has 0 bridgehead atoms. The highest BCUT2D eigenvalue weighted by molar-refractivity contribution is 7.87. The molecule has 6 heteroatoms. The Morgan fingerprint density at radius 1 is 1.47 bits per heavy atom. The lowest BCUT2D eigenvalue weighted by molar-refractivity contribution is 0.0599. The van der Waals surface area contributed by atoms with Crippen LogP contribution in [0.3, 0.4) is 0 Å². The van der Waals surface area contributed by atoms with E-state index in [0.717, 1.165) is 0 Å². The van der Waals surface area contributed by atoms with E-state index in [1.807, 2.05) is 6.92 Å². The Hall–Kier alpha value is -0.170. The van der Waals surface area contributed by atoms with Gasteiger partial charge in [-0.15, -0.1) is 0 Å². The van der Waals surface area contributed by atoms with E-state index in [9.17, 15) is 13.5 Å². The van der Waals surface area contributed by atoms with Gasteiger partial charge in [-0.05, 0) is 26.2 Å². The van der Waals surface area contributed by atoms with Crippen LogP contribution < -0.4 is 4.72 Å². The molecule has 5 nitrogen and oxygen atoms in total. The van der Waals surface area contributed by atoms with Gasteiger partial charge < -0.3 is 5.11 Å². The molecule has 0 spiro atoms. The van der Waals surface area contributed by atoms with Crippen LogP contribution in [0.25, 0.3) is 0 Å². The number of rotatable bonds is 3. The predicted octanol–water partition coefficient (Wildman–Crippen LogP) is -0.0681. The first-order chi connectivity index (χ1) is 6.83. The zero-order valence-electron chi connectivity index (χ0n) is 9.47. The van der Waals surface area contributed by atoms with Crippen molar-refractivity contribution in [3.8, 4) is 0 Å². The first kappa shape index (κ1) is 12.9. The zero-order chi connectivity index (χ0) is 11.6. The van der Waals surface area contributed by atoms with Crippen LogP contribution in [0.1, 0.15) is 27.2 Å². The topological polar surface area (TPSA) is 69.6 Å². The summed E-state index contributed by atoms with van der Waals surface area (Å²) in [6.45, 7) is 6.18. The van der Waals surface area contributed by atoms with E-state index in [1.165, 1.54) is 4.31 Å². The fourth-order valence-electron chi connectivity index (χ4n) is 1.61. The molecule has 15 heavy (non-hydrogen) atoms. The van der Waals surface area contributed by atoms with Crippen LogP contribution in [0.15, 0.2) is 0 Å². The Labute approximate surface area is 91.7 Å². The maximum absolute atomic E-state index is 11.8. The minimum atomic E-state index is -3.42. The molecule has 0 aliphatic carbocycles. The summed E-state index contributed by atoms with van der Waals surface area (Å²) < 4.78 is 27.3. The third kappa shape index (κ3) is 3.41. The average molecular weight is 236 g/mol. The molecule has 90 valence electrons. The van der Waals surface area contributed by atoms with Gasteiger partial charge in [0.1, 0.15) is 0 Å². The van der Waals surface area contributed by atoms with Crippen molar-refractivity contribution < 1.29 is 13.5 Å². The summed E-state index contributed by atoms with van der Waals surface area (Å²) in [6, 6.07) is -0.119. The van der Waals surface area contributed by atoms with Crippen molar-refractivity contribution in [1.82, 2.24) is 9.03 Å². The van der Waals surface area contributed by atoms with Gasteiger partial charge in [-0.25, -0.2) is 0 Å². The molecular formula is C9H20N2O3S. The normalized spacial score (nSPS) is 29.7. The van der Waals surface area contributed by atoms with Crippen LogP contribution in [0.5, 0.6) is 0 Å². The minimum absolute atomic E-state index is 0.119. The molecule has 0 radical (unpaired) electrons. The first-order valence-electron chi connectivity index (χ1n) is 5.28. The van der Waals surface area contributed by atoms with Gasteiger partial charge in [0.15, 0.2) is 0 Å². The lowest BCUT2D eigenvalue weighted by Gasteiger charge is -2.33. The highest BCUT2D eigenvalue weighted by Gasteiger charge is 2.31. The van der Waals surface area contributed by atoms with Crippen LogP contribution in [-0.4, -0.2) is 43.1 Å². The largest absolute Gasteiger partial charge is 0.391 e. The second-order valence-corrected chi connectivity index (χ2v) is 6.17. The van der Waals surface area contributed by atoms with Crippen LogP contribution in [0.2, 0.25) is 0 Å². The van der Waals surface area contributed by atoms with Crippen molar-refractivity contribution in [2.45, 2.75) is 39.3 Å². The van der Waals surface area contributed by atoms with Crippen molar-refractivity contribution in [2.75, 3.05) is 13.1 Å². The van der Waals surface area contributed by atoms with Gasteiger partial charge in [0, 0.05) is 19.1 Å². The van der Waals surface area contributed by atoms with Gasteiger partial charge >= 0.3 is 0 Å². The Morgan fingerprint density at radius 3 is 2.53 bits per heavy atom. The fraction of sp³-hybridized carbons (Fsp3) is 1.00. The first-order valence-corrected chi connectivity index (χ1v) is 6.72. The van der Waals surface area contributed by atoms with E-state index in [-0.39, 0.29) is 18.5 Å². The van der Waals surface area contributed by atoms with Crippen molar-refractivity contribution in [1.29, 1.82) is 0 Å². The predicted molar refractivity (Wildman–Crippen MR) is 58.6 cm³/mol. The molecule has 2 unspecified atom stereocenters. The van der Waals surface area contributed by atoms with E-state index < -0.39 is 16.3 Å². The lowest BCUT2D eigenvalue weighted by Crippen LogP contribution is -2.51. The fourth-order valence-corrected chi connectivity index (χ4v) is 3.05. The van der Waals surface area contributed by atoms with Crippen LogP contribution in [-0.2, 0) is 10.2 Å². The molecule has 1 rings (SSSR count). The summed E-state index contributed by atoms with van der Waals surface area (Å²) in [5, 5.41) is 9.61. The molecule has 1 saturated heterocycles. The van der Waals surface area contributed by atoms with Gasteiger partial charge in [-0.1, -0.05) is 6.92 Å². The van der Waals surface area contributed by atoms with E-state index >= 15 is 0 Å². The summed E-state index contributed by atoms with van der Waals surface area (Å²) in [5.41, 5.74) is 0. The number of piperidine rings is 1. The van der Waals surface area contributed by atoms with E-state index in [0.29, 0.717) is 13.0 Å². The lowest BCUT2D eigenvalue weighted by atomic mass is 9.98. The molecule has 0 amide bonds. The molecular weight excluding hydrogens is 216 g/mol. The van der Waals surface area contributed by atoms with Gasteiger partial charge in [0.25, 0.3) is 10.2 Å². The molecule has 0 aromatic heterocycles. The molecule has 2 atom stereocenters. The number of β-amino-alcohol motifs (C(OH)–C–C–N with tert-alkyl or cyclic N) is 1. The van der Waals surface area contributed by atoms with E-state index in [1.54, 1.807) is 13.8 Å². The van der Waals surface area contributed by atoms with Gasteiger partial charge in [-0.3, -0.25) is 0 Å². The summed E-state index contributed by atoms with van der Waals surface area (Å²) >= 11 is 0. The second-order valence-electron chi connectivity index (χ2n) is 4.47. The molecule has 0 saturated carbocycles. The maximum atomic E-state index is 11.8. The highest BCUT2D eigenvalue weighted by atomic mass is 32.2. The molecule has 0 aromatic rings. The number of nitrogens with zero attached hydrogens (tertiary/aromatic N) is 1. The van der Waals surface area contributed by atoms with Crippen molar-refractivity contribution >= 4 is 10.2 Å². The second kappa shape index (κ2) is 4.78. The van der Waals surface area contributed by atoms with Crippen molar-refractivity contribution in [2.24, 2.45) is 5.92 Å². The van der Waals surface area contributed by atoms with Crippen LogP contribution in [0.4, 0.5) is 0 Å². The highest BCUT2D eigenvalue weighted by Crippen LogP contribution is 2.18. The molecule has 1 aliphatic heterocycles. The van der Waals surface area contributed by atoms with Gasteiger partial charge in [0.05, 0.1) is 6.10 Å². The molecule has 0 aromatic carbocycles. The Kier molecular flexibility index (Phi) is 4.11. The number of hydrogen-bond donors (Lipinski definition) is 2. The number of hydrogen-bond acceptors (Lipinski definition) is 3. The van der Waals surface area contributed by atoms with Gasteiger partial charge in [-0.2, -0.15) is 17.4 Å². The Morgan fingerprint density at radius 2 is 2.07 bits per heavy atom. The van der Waals surface area contributed by atoms with E-state index in [4.69, 9.17) is 0 Å².